The minimum Gasteiger partial charge on any atom is -0.462 e. The number of fused-ring (bicyclic) bond motifs is 3. The summed E-state index contributed by atoms with van der Waals surface area (Å²) in [6, 6.07) is 7.39. The van der Waals surface area contributed by atoms with Gasteiger partial charge in [-0.15, -0.1) is 11.3 Å². The summed E-state index contributed by atoms with van der Waals surface area (Å²) < 4.78 is 11.0. The molecule has 5 nitrogen and oxygen atoms in total. The van der Waals surface area contributed by atoms with E-state index >= 15 is 0 Å². The summed E-state index contributed by atoms with van der Waals surface area (Å²) in [6.07, 6.45) is 0. The summed E-state index contributed by atoms with van der Waals surface area (Å²) >= 11 is 1.38. The van der Waals surface area contributed by atoms with Crippen LogP contribution >= 0.6 is 11.3 Å². The molecule has 1 aromatic carbocycles. The fourth-order valence-corrected chi connectivity index (χ4v) is 3.32. The molecule has 22 heavy (non-hydrogen) atoms. The fourth-order valence-electron chi connectivity index (χ4n) is 2.34. The van der Waals surface area contributed by atoms with Crippen LogP contribution in [-0.2, 0) is 9.47 Å². The first-order chi connectivity index (χ1) is 10.6. The maximum Gasteiger partial charge on any atom is 0.354 e. The first-order valence-electron chi connectivity index (χ1n) is 7.03. The van der Waals surface area contributed by atoms with Crippen molar-refractivity contribution in [3.8, 4) is 0 Å². The Hall–Kier alpha value is -2.34. The van der Waals surface area contributed by atoms with Gasteiger partial charge in [-0.3, -0.25) is 0 Å². The summed E-state index contributed by atoms with van der Waals surface area (Å²) in [6.45, 7) is 4.22. The highest BCUT2D eigenvalue weighted by molar-refractivity contribution is 7.20. The third kappa shape index (κ3) is 2.46. The third-order valence-electron chi connectivity index (χ3n) is 3.27. The molecule has 1 N–H and O–H groups in total. The van der Waals surface area contributed by atoms with Crippen LogP contribution in [0.25, 0.3) is 21.0 Å². The molecule has 3 aromatic rings. The van der Waals surface area contributed by atoms with Gasteiger partial charge in [0.15, 0.2) is 0 Å². The molecule has 0 saturated heterocycles. The molecule has 3 rings (SSSR count). The molecule has 0 amide bonds. The van der Waals surface area contributed by atoms with E-state index in [0.29, 0.717) is 23.8 Å². The van der Waals surface area contributed by atoms with Crippen LogP contribution in [0.15, 0.2) is 24.3 Å². The fraction of sp³-hybridized carbons (Fsp3) is 0.250. The summed E-state index contributed by atoms with van der Waals surface area (Å²) in [5.74, 6) is -0.703. The number of nitrogens with one attached hydrogen (secondary N) is 1. The first-order valence-corrected chi connectivity index (χ1v) is 7.85. The highest BCUT2D eigenvalue weighted by Gasteiger charge is 2.16. The zero-order valence-corrected chi connectivity index (χ0v) is 13.1. The Morgan fingerprint density at radius 3 is 2.50 bits per heavy atom. The Morgan fingerprint density at radius 2 is 1.77 bits per heavy atom. The Bertz CT molecular complexity index is 790. The molecule has 0 aliphatic heterocycles. The topological polar surface area (TPSA) is 68.4 Å². The number of hydrogen-bond acceptors (Lipinski definition) is 5. The van der Waals surface area contributed by atoms with Gasteiger partial charge < -0.3 is 14.5 Å². The van der Waals surface area contributed by atoms with Gasteiger partial charge in [-0.05, 0) is 38.1 Å². The number of ether oxygens (including phenoxy) is 2. The van der Waals surface area contributed by atoms with Gasteiger partial charge in [0, 0.05) is 21.0 Å². The van der Waals surface area contributed by atoms with E-state index in [2.05, 4.69) is 4.98 Å². The molecule has 0 fully saturated rings. The molecular formula is C16H15NO4S. The predicted octanol–water partition coefficient (Wildman–Crippen LogP) is 3.74. The number of thiophene rings is 1. The van der Waals surface area contributed by atoms with Crippen molar-refractivity contribution in [3.05, 3.63) is 34.8 Å². The normalized spacial score (nSPS) is 11.0. The van der Waals surface area contributed by atoms with Crippen LogP contribution in [0.5, 0.6) is 0 Å². The van der Waals surface area contributed by atoms with Crippen LogP contribution in [0.2, 0.25) is 0 Å². The van der Waals surface area contributed by atoms with Crippen LogP contribution in [-0.4, -0.2) is 30.1 Å². The number of aromatic nitrogens is 1. The first kappa shape index (κ1) is 14.6. The highest BCUT2D eigenvalue weighted by atomic mass is 32.1. The third-order valence-corrected chi connectivity index (χ3v) is 4.35. The van der Waals surface area contributed by atoms with E-state index in [9.17, 15) is 9.59 Å². The standard InChI is InChI=1S/C16H15NO4S/c1-3-20-15(18)12-7-9-10-8-14(16(19)21-4-2)22-13(10)6-5-11(9)17-12/h5-8,17H,3-4H2,1-2H3. The molecule has 0 aliphatic carbocycles. The van der Waals surface area contributed by atoms with Gasteiger partial charge in [0.05, 0.1) is 13.2 Å². The quantitative estimate of drug-likeness (QED) is 0.744. The average molecular weight is 317 g/mol. The molecule has 0 unspecified atom stereocenters. The largest absolute Gasteiger partial charge is 0.462 e. The monoisotopic (exact) mass is 317 g/mol. The van der Waals surface area contributed by atoms with Gasteiger partial charge in [0.2, 0.25) is 0 Å². The zero-order valence-electron chi connectivity index (χ0n) is 12.3. The van der Waals surface area contributed by atoms with E-state index in [1.807, 2.05) is 18.2 Å². The summed E-state index contributed by atoms with van der Waals surface area (Å²) in [4.78, 5) is 27.3. The highest BCUT2D eigenvalue weighted by Crippen LogP contribution is 2.33. The Kier molecular flexibility index (Phi) is 3.85. The van der Waals surface area contributed by atoms with E-state index in [-0.39, 0.29) is 11.9 Å². The van der Waals surface area contributed by atoms with Crippen LogP contribution in [0.1, 0.15) is 34.0 Å². The van der Waals surface area contributed by atoms with E-state index in [1.54, 1.807) is 19.9 Å². The maximum absolute atomic E-state index is 11.9. The lowest BCUT2D eigenvalue weighted by molar-refractivity contribution is 0.0515. The van der Waals surface area contributed by atoms with Crippen molar-refractivity contribution in [1.82, 2.24) is 4.98 Å². The lowest BCUT2D eigenvalue weighted by atomic mass is 10.1. The van der Waals surface area contributed by atoms with Crippen LogP contribution < -0.4 is 0 Å². The van der Waals surface area contributed by atoms with E-state index in [1.165, 1.54) is 11.3 Å². The van der Waals surface area contributed by atoms with E-state index < -0.39 is 0 Å². The molecule has 2 heterocycles. The number of esters is 2. The van der Waals surface area contributed by atoms with Gasteiger partial charge in [0.1, 0.15) is 10.6 Å². The van der Waals surface area contributed by atoms with E-state index in [4.69, 9.17) is 9.47 Å². The minimum absolute atomic E-state index is 0.321. The maximum atomic E-state index is 11.9. The van der Waals surface area contributed by atoms with Crippen molar-refractivity contribution in [2.24, 2.45) is 0 Å². The SMILES string of the molecule is CCOC(=O)c1cc2c(ccc3sc(C(=O)OCC)cc32)[nH]1. The number of H-pyrrole nitrogens is 1. The van der Waals surface area contributed by atoms with Crippen LogP contribution in [0.3, 0.4) is 0 Å². The molecule has 2 aromatic heterocycles. The van der Waals surface area contributed by atoms with Crippen molar-refractivity contribution >= 4 is 44.3 Å². The molecule has 0 spiro atoms. The smallest absolute Gasteiger partial charge is 0.354 e. The molecule has 0 saturated carbocycles. The molecule has 0 atom stereocenters. The Balaban J connectivity index is 2.10. The van der Waals surface area contributed by atoms with Crippen molar-refractivity contribution in [3.63, 3.8) is 0 Å². The number of aromatic amines is 1. The Labute approximate surface area is 130 Å². The van der Waals surface area contributed by atoms with Gasteiger partial charge in [-0.25, -0.2) is 9.59 Å². The second-order valence-electron chi connectivity index (χ2n) is 4.67. The van der Waals surface area contributed by atoms with Crippen LogP contribution in [0.4, 0.5) is 0 Å². The van der Waals surface area contributed by atoms with Gasteiger partial charge >= 0.3 is 11.9 Å². The van der Waals surface area contributed by atoms with Gasteiger partial charge in [-0.1, -0.05) is 0 Å². The molecule has 6 heteroatoms. The predicted molar refractivity (Wildman–Crippen MR) is 85.6 cm³/mol. The molecule has 0 radical (unpaired) electrons. The summed E-state index contributed by atoms with van der Waals surface area (Å²) in [5, 5.41) is 1.82. The van der Waals surface area contributed by atoms with Crippen molar-refractivity contribution in [2.75, 3.05) is 13.2 Å². The lowest BCUT2D eigenvalue weighted by Gasteiger charge is -1.96. The summed E-state index contributed by atoms with van der Waals surface area (Å²) in [5.41, 5.74) is 1.25. The second kappa shape index (κ2) is 5.81. The molecule has 0 bridgehead atoms. The zero-order chi connectivity index (χ0) is 15.7. The van der Waals surface area contributed by atoms with Gasteiger partial charge in [-0.2, -0.15) is 0 Å². The van der Waals surface area contributed by atoms with Gasteiger partial charge in [0.25, 0.3) is 0 Å². The molecule has 114 valence electrons. The molecular weight excluding hydrogens is 302 g/mol. The van der Waals surface area contributed by atoms with Crippen LogP contribution in [0, 0.1) is 0 Å². The minimum atomic E-state index is -0.382. The molecule has 0 aliphatic rings. The number of carbonyl (C=O) groups excluding carboxylic acids is 2. The van der Waals surface area contributed by atoms with E-state index in [0.717, 1.165) is 21.0 Å². The number of rotatable bonds is 4. The Morgan fingerprint density at radius 1 is 1.05 bits per heavy atom. The summed E-state index contributed by atoms with van der Waals surface area (Å²) in [7, 11) is 0. The number of benzene rings is 1. The van der Waals surface area contributed by atoms with Crippen molar-refractivity contribution in [2.45, 2.75) is 13.8 Å². The number of carbonyl (C=O) groups is 2. The van der Waals surface area contributed by atoms with Crippen molar-refractivity contribution in [1.29, 1.82) is 0 Å². The van der Waals surface area contributed by atoms with Crippen molar-refractivity contribution < 1.29 is 19.1 Å². The number of hydrogen-bond donors (Lipinski definition) is 1. The average Bonchev–Trinajstić information content (AvgIpc) is 3.11. The second-order valence-corrected chi connectivity index (χ2v) is 5.76. The lowest BCUT2D eigenvalue weighted by Crippen LogP contribution is -2.04.